The molecular weight excluding hydrogens is 402 g/mol. The van der Waals surface area contributed by atoms with Crippen LogP contribution in [-0.4, -0.2) is 46.1 Å². The van der Waals surface area contributed by atoms with Gasteiger partial charge in [0.05, 0.1) is 5.69 Å². The van der Waals surface area contributed by atoms with Crippen molar-refractivity contribution in [2.75, 3.05) is 11.9 Å². The SMILES string of the molecule is C[C@@H]1CCCC[C@H]1N1C(=O)C(=O)N(CC(=O)Nc2ccccc2Br)C1=O. The first-order chi connectivity index (χ1) is 12.4. The van der Waals surface area contributed by atoms with Gasteiger partial charge in [-0.1, -0.05) is 31.9 Å². The van der Waals surface area contributed by atoms with E-state index >= 15 is 0 Å². The number of urea groups is 1. The third kappa shape index (κ3) is 3.51. The minimum atomic E-state index is -0.935. The van der Waals surface area contributed by atoms with Gasteiger partial charge in [0.15, 0.2) is 0 Å². The van der Waals surface area contributed by atoms with E-state index in [1.165, 1.54) is 0 Å². The average Bonchev–Trinajstić information content (AvgIpc) is 2.81. The zero-order valence-corrected chi connectivity index (χ0v) is 16.0. The Morgan fingerprint density at radius 1 is 1.15 bits per heavy atom. The molecule has 1 saturated heterocycles. The Morgan fingerprint density at radius 3 is 2.54 bits per heavy atom. The summed E-state index contributed by atoms with van der Waals surface area (Å²) in [6, 6.07) is 6.04. The summed E-state index contributed by atoms with van der Waals surface area (Å²) in [4.78, 5) is 51.3. The van der Waals surface area contributed by atoms with Crippen LogP contribution in [0.2, 0.25) is 0 Å². The lowest BCUT2D eigenvalue weighted by atomic mass is 9.85. The number of carbonyl (C=O) groups excluding carboxylic acids is 4. The molecule has 2 atom stereocenters. The minimum absolute atomic E-state index is 0.151. The van der Waals surface area contributed by atoms with Crippen LogP contribution in [0.3, 0.4) is 0 Å². The summed E-state index contributed by atoms with van der Waals surface area (Å²) in [6.07, 6.45) is 3.59. The zero-order valence-electron chi connectivity index (χ0n) is 14.4. The largest absolute Gasteiger partial charge is 0.334 e. The number of hydrogen-bond donors (Lipinski definition) is 1. The normalized spacial score (nSPS) is 23.5. The lowest BCUT2D eigenvalue weighted by molar-refractivity contribution is -0.145. The number of amides is 5. The van der Waals surface area contributed by atoms with Crippen molar-refractivity contribution in [3.05, 3.63) is 28.7 Å². The molecule has 1 aliphatic carbocycles. The molecule has 5 amide bonds. The number of carbonyl (C=O) groups is 4. The van der Waals surface area contributed by atoms with Crippen molar-refractivity contribution < 1.29 is 19.2 Å². The molecule has 1 saturated carbocycles. The molecule has 0 aromatic heterocycles. The molecule has 138 valence electrons. The summed E-state index contributed by atoms with van der Waals surface area (Å²) in [6.45, 7) is 1.50. The van der Waals surface area contributed by atoms with Crippen molar-refractivity contribution in [3.63, 3.8) is 0 Å². The van der Waals surface area contributed by atoms with E-state index in [2.05, 4.69) is 21.2 Å². The molecule has 8 heteroatoms. The Bertz CT molecular complexity index is 767. The third-order valence-corrected chi connectivity index (χ3v) is 5.62. The predicted molar refractivity (Wildman–Crippen MR) is 98.1 cm³/mol. The number of benzene rings is 1. The molecule has 1 aromatic carbocycles. The molecule has 1 heterocycles. The Morgan fingerprint density at radius 2 is 1.85 bits per heavy atom. The monoisotopic (exact) mass is 421 g/mol. The predicted octanol–water partition coefficient (Wildman–Crippen LogP) is 2.76. The van der Waals surface area contributed by atoms with E-state index in [0.29, 0.717) is 16.6 Å². The highest BCUT2D eigenvalue weighted by Gasteiger charge is 2.49. The third-order valence-electron chi connectivity index (χ3n) is 4.93. The van der Waals surface area contributed by atoms with E-state index in [4.69, 9.17) is 0 Å². The van der Waals surface area contributed by atoms with E-state index in [9.17, 15) is 19.2 Å². The lowest BCUT2D eigenvalue weighted by Gasteiger charge is -2.34. The molecule has 2 aliphatic rings. The molecule has 7 nitrogen and oxygen atoms in total. The van der Waals surface area contributed by atoms with E-state index < -0.39 is 30.3 Å². The van der Waals surface area contributed by atoms with Crippen LogP contribution in [0.4, 0.5) is 10.5 Å². The van der Waals surface area contributed by atoms with Crippen LogP contribution in [0, 0.1) is 5.92 Å². The summed E-state index contributed by atoms with van der Waals surface area (Å²) in [7, 11) is 0. The van der Waals surface area contributed by atoms with Gasteiger partial charge in [0.1, 0.15) is 6.54 Å². The average molecular weight is 422 g/mol. The Labute approximate surface area is 159 Å². The molecule has 26 heavy (non-hydrogen) atoms. The number of hydrogen-bond acceptors (Lipinski definition) is 4. The number of para-hydroxylation sites is 1. The number of imide groups is 2. The molecule has 1 aromatic rings. The second-order valence-corrected chi connectivity index (χ2v) is 7.56. The molecule has 0 unspecified atom stereocenters. The highest BCUT2D eigenvalue weighted by atomic mass is 79.9. The maximum atomic E-state index is 12.6. The van der Waals surface area contributed by atoms with Gasteiger partial charge in [-0.05, 0) is 46.8 Å². The van der Waals surface area contributed by atoms with Crippen molar-refractivity contribution >= 4 is 45.4 Å². The summed E-state index contributed by atoms with van der Waals surface area (Å²) in [5.41, 5.74) is 0.528. The summed E-state index contributed by atoms with van der Waals surface area (Å²) in [5.74, 6) is -2.15. The van der Waals surface area contributed by atoms with Crippen molar-refractivity contribution in [3.8, 4) is 0 Å². The first-order valence-electron chi connectivity index (χ1n) is 8.63. The fourth-order valence-electron chi connectivity index (χ4n) is 3.53. The Kier molecular flexibility index (Phi) is 5.41. The number of nitrogens with zero attached hydrogens (tertiary/aromatic N) is 2. The Hall–Kier alpha value is -2.22. The maximum absolute atomic E-state index is 12.6. The topological polar surface area (TPSA) is 86.8 Å². The molecule has 0 radical (unpaired) electrons. The van der Waals surface area contributed by atoms with Crippen LogP contribution in [0.25, 0.3) is 0 Å². The van der Waals surface area contributed by atoms with Crippen LogP contribution in [0.1, 0.15) is 32.6 Å². The van der Waals surface area contributed by atoms with Crippen LogP contribution >= 0.6 is 15.9 Å². The van der Waals surface area contributed by atoms with Gasteiger partial charge < -0.3 is 5.32 Å². The number of nitrogens with one attached hydrogen (secondary N) is 1. The fourth-order valence-corrected chi connectivity index (χ4v) is 3.91. The summed E-state index contributed by atoms with van der Waals surface area (Å²) >= 11 is 3.31. The standard InChI is InChI=1S/C18H20BrN3O4/c1-11-6-2-5-9-14(11)22-17(25)16(24)21(18(22)26)10-15(23)20-13-8-4-3-7-12(13)19/h3-4,7-8,11,14H,2,5-6,9-10H2,1H3,(H,20,23)/t11-,14-/m1/s1. The molecule has 1 aliphatic heterocycles. The van der Waals surface area contributed by atoms with Crippen LogP contribution in [0.5, 0.6) is 0 Å². The second-order valence-electron chi connectivity index (χ2n) is 6.71. The number of anilines is 1. The van der Waals surface area contributed by atoms with Gasteiger partial charge in [-0.25, -0.2) is 9.69 Å². The second kappa shape index (κ2) is 7.57. The Balaban J connectivity index is 1.71. The minimum Gasteiger partial charge on any atom is -0.323 e. The first-order valence-corrected chi connectivity index (χ1v) is 9.43. The van der Waals surface area contributed by atoms with Crippen molar-refractivity contribution in [2.45, 2.75) is 38.6 Å². The smallest absolute Gasteiger partial charge is 0.323 e. The highest BCUT2D eigenvalue weighted by Crippen LogP contribution is 2.31. The first kappa shape index (κ1) is 18.6. The van der Waals surface area contributed by atoms with Crippen molar-refractivity contribution in [1.82, 2.24) is 9.80 Å². The molecule has 2 fully saturated rings. The van der Waals surface area contributed by atoms with Crippen molar-refractivity contribution in [1.29, 1.82) is 0 Å². The van der Waals surface area contributed by atoms with Crippen LogP contribution in [-0.2, 0) is 14.4 Å². The highest BCUT2D eigenvalue weighted by molar-refractivity contribution is 9.10. The van der Waals surface area contributed by atoms with Gasteiger partial charge in [-0.3, -0.25) is 19.3 Å². The van der Waals surface area contributed by atoms with Gasteiger partial charge in [0, 0.05) is 10.5 Å². The van der Waals surface area contributed by atoms with E-state index in [1.807, 2.05) is 6.92 Å². The fraction of sp³-hybridized carbons (Fsp3) is 0.444. The van der Waals surface area contributed by atoms with Crippen LogP contribution in [0.15, 0.2) is 28.7 Å². The van der Waals surface area contributed by atoms with E-state index in [-0.39, 0.29) is 12.0 Å². The zero-order chi connectivity index (χ0) is 18.8. The van der Waals surface area contributed by atoms with Gasteiger partial charge in [0.25, 0.3) is 0 Å². The van der Waals surface area contributed by atoms with Gasteiger partial charge >= 0.3 is 17.8 Å². The van der Waals surface area contributed by atoms with Gasteiger partial charge in [-0.15, -0.1) is 0 Å². The molecular formula is C18H20BrN3O4. The van der Waals surface area contributed by atoms with E-state index in [0.717, 1.165) is 29.1 Å². The quantitative estimate of drug-likeness (QED) is 0.597. The van der Waals surface area contributed by atoms with E-state index in [1.54, 1.807) is 24.3 Å². The summed E-state index contributed by atoms with van der Waals surface area (Å²) < 4.78 is 0.682. The number of rotatable bonds is 4. The van der Waals surface area contributed by atoms with Crippen LogP contribution < -0.4 is 5.32 Å². The molecule has 0 bridgehead atoms. The van der Waals surface area contributed by atoms with Crippen molar-refractivity contribution in [2.24, 2.45) is 5.92 Å². The number of halogens is 1. The molecule has 1 N–H and O–H groups in total. The molecule has 3 rings (SSSR count). The maximum Gasteiger partial charge on any atom is 0.334 e. The summed E-state index contributed by atoms with van der Waals surface area (Å²) in [5, 5.41) is 2.63. The van der Waals surface area contributed by atoms with Gasteiger partial charge in [-0.2, -0.15) is 0 Å². The lowest BCUT2D eigenvalue weighted by Crippen LogP contribution is -2.46. The molecule has 0 spiro atoms. The van der Waals surface area contributed by atoms with Gasteiger partial charge in [0.2, 0.25) is 5.91 Å².